The third-order valence-corrected chi connectivity index (χ3v) is 2.81. The Kier molecular flexibility index (Phi) is 7.38. The summed E-state index contributed by atoms with van der Waals surface area (Å²) in [6.45, 7) is 6.12. The van der Waals surface area contributed by atoms with Gasteiger partial charge in [0.25, 0.3) is 0 Å². The van der Waals surface area contributed by atoms with Crippen molar-refractivity contribution >= 4 is 27.7 Å². The fraction of sp³-hybridized carbons (Fsp3) is 0.800. The molecule has 0 aliphatic heterocycles. The predicted octanol–water partition coefficient (Wildman–Crippen LogP) is 1.19. The zero-order valence-corrected chi connectivity index (χ0v) is 11.1. The Bertz CT molecular complexity index is 219. The standard InChI is InChI=1S/C10H19BrN2O2/c1-4-8(11)10(15)12-6-5-9(14)13-7(2)3/h7-8H,4-6H2,1-3H3,(H,12,15)(H,13,14). The Morgan fingerprint density at radius 1 is 1.33 bits per heavy atom. The summed E-state index contributed by atoms with van der Waals surface area (Å²) in [6.07, 6.45) is 1.07. The molecule has 0 radical (unpaired) electrons. The number of halogens is 1. The summed E-state index contributed by atoms with van der Waals surface area (Å²) in [5.41, 5.74) is 0. The van der Waals surface area contributed by atoms with Crippen LogP contribution in [0.5, 0.6) is 0 Å². The van der Waals surface area contributed by atoms with Gasteiger partial charge in [-0.25, -0.2) is 0 Å². The topological polar surface area (TPSA) is 58.2 Å². The molecule has 0 rings (SSSR count). The van der Waals surface area contributed by atoms with Crippen molar-refractivity contribution in [1.29, 1.82) is 0 Å². The first kappa shape index (κ1) is 14.4. The van der Waals surface area contributed by atoms with Crippen LogP contribution in [-0.4, -0.2) is 29.2 Å². The Morgan fingerprint density at radius 3 is 2.40 bits per heavy atom. The smallest absolute Gasteiger partial charge is 0.233 e. The van der Waals surface area contributed by atoms with Crippen LogP contribution in [0.25, 0.3) is 0 Å². The maximum atomic E-state index is 11.3. The lowest BCUT2D eigenvalue weighted by Crippen LogP contribution is -2.36. The quantitative estimate of drug-likeness (QED) is 0.718. The van der Waals surface area contributed by atoms with Gasteiger partial charge in [0.1, 0.15) is 0 Å². The van der Waals surface area contributed by atoms with Gasteiger partial charge in [0.05, 0.1) is 4.83 Å². The van der Waals surface area contributed by atoms with Gasteiger partial charge in [0, 0.05) is 19.0 Å². The first-order valence-electron chi connectivity index (χ1n) is 5.18. The molecule has 0 bridgehead atoms. The summed E-state index contributed by atoms with van der Waals surface area (Å²) in [5, 5.41) is 5.45. The van der Waals surface area contributed by atoms with Crippen LogP contribution in [0, 0.1) is 0 Å². The summed E-state index contributed by atoms with van der Waals surface area (Å²) in [5.74, 6) is -0.0947. The third kappa shape index (κ3) is 7.36. The van der Waals surface area contributed by atoms with Gasteiger partial charge < -0.3 is 10.6 Å². The second-order valence-corrected chi connectivity index (χ2v) is 4.74. The molecular formula is C10H19BrN2O2. The number of rotatable bonds is 6. The van der Waals surface area contributed by atoms with Crippen LogP contribution < -0.4 is 10.6 Å². The van der Waals surface area contributed by atoms with E-state index in [9.17, 15) is 9.59 Å². The van der Waals surface area contributed by atoms with Gasteiger partial charge in [0.2, 0.25) is 11.8 Å². The van der Waals surface area contributed by atoms with Gasteiger partial charge in [0.15, 0.2) is 0 Å². The van der Waals surface area contributed by atoms with Gasteiger partial charge in [-0.1, -0.05) is 22.9 Å². The zero-order chi connectivity index (χ0) is 11.8. The SMILES string of the molecule is CCC(Br)C(=O)NCCC(=O)NC(C)C. The molecular weight excluding hydrogens is 260 g/mol. The Labute approximate surface area is 99.3 Å². The second kappa shape index (κ2) is 7.68. The maximum Gasteiger partial charge on any atom is 0.233 e. The number of nitrogens with one attached hydrogen (secondary N) is 2. The molecule has 0 aliphatic carbocycles. The van der Waals surface area contributed by atoms with Gasteiger partial charge >= 0.3 is 0 Å². The first-order chi connectivity index (χ1) is 6.97. The van der Waals surface area contributed by atoms with E-state index in [0.29, 0.717) is 13.0 Å². The number of hydrogen-bond donors (Lipinski definition) is 2. The molecule has 0 aromatic carbocycles. The Hall–Kier alpha value is -0.580. The molecule has 0 spiro atoms. The van der Waals surface area contributed by atoms with Crippen molar-refractivity contribution in [3.05, 3.63) is 0 Å². The highest BCUT2D eigenvalue weighted by Gasteiger charge is 2.11. The molecule has 0 aromatic rings. The molecule has 0 aliphatic rings. The average Bonchev–Trinajstić information content (AvgIpc) is 2.15. The van der Waals surface area contributed by atoms with Crippen molar-refractivity contribution in [3.63, 3.8) is 0 Å². The van der Waals surface area contributed by atoms with Crippen LogP contribution in [-0.2, 0) is 9.59 Å². The number of carbonyl (C=O) groups excluding carboxylic acids is 2. The molecule has 0 aromatic heterocycles. The summed E-state index contributed by atoms with van der Waals surface area (Å²) < 4.78 is 0. The summed E-state index contributed by atoms with van der Waals surface area (Å²) in [4.78, 5) is 22.3. The van der Waals surface area contributed by atoms with E-state index in [1.807, 2.05) is 20.8 Å². The van der Waals surface area contributed by atoms with E-state index in [4.69, 9.17) is 0 Å². The first-order valence-corrected chi connectivity index (χ1v) is 6.10. The molecule has 88 valence electrons. The highest BCUT2D eigenvalue weighted by atomic mass is 79.9. The van der Waals surface area contributed by atoms with E-state index in [1.54, 1.807) is 0 Å². The normalized spacial score (nSPS) is 12.3. The molecule has 1 atom stereocenters. The van der Waals surface area contributed by atoms with Crippen LogP contribution in [0.1, 0.15) is 33.6 Å². The number of hydrogen-bond acceptors (Lipinski definition) is 2. The van der Waals surface area contributed by atoms with Crippen LogP contribution in [0.2, 0.25) is 0 Å². The molecule has 1 unspecified atom stereocenters. The number of amides is 2. The Morgan fingerprint density at radius 2 is 1.93 bits per heavy atom. The number of alkyl halides is 1. The summed E-state index contributed by atoms with van der Waals surface area (Å²) in [6, 6.07) is 0.146. The number of carbonyl (C=O) groups is 2. The molecule has 0 saturated carbocycles. The largest absolute Gasteiger partial charge is 0.355 e. The lowest BCUT2D eigenvalue weighted by atomic mass is 10.3. The van der Waals surface area contributed by atoms with Gasteiger partial charge in [-0.2, -0.15) is 0 Å². The van der Waals surface area contributed by atoms with E-state index >= 15 is 0 Å². The van der Waals surface area contributed by atoms with Crippen molar-refractivity contribution in [2.75, 3.05) is 6.54 Å². The van der Waals surface area contributed by atoms with Crippen molar-refractivity contribution < 1.29 is 9.59 Å². The van der Waals surface area contributed by atoms with Crippen LogP contribution in [0.4, 0.5) is 0 Å². The highest BCUT2D eigenvalue weighted by Crippen LogP contribution is 2.03. The minimum absolute atomic E-state index is 0.0343. The Balaban J connectivity index is 3.61. The van der Waals surface area contributed by atoms with Gasteiger partial charge in [-0.05, 0) is 20.3 Å². The predicted molar refractivity (Wildman–Crippen MR) is 63.9 cm³/mol. The van der Waals surface area contributed by atoms with Gasteiger partial charge in [-0.3, -0.25) is 9.59 Å². The van der Waals surface area contributed by atoms with Gasteiger partial charge in [-0.15, -0.1) is 0 Å². The van der Waals surface area contributed by atoms with Crippen LogP contribution in [0.15, 0.2) is 0 Å². The van der Waals surface area contributed by atoms with Crippen LogP contribution in [0.3, 0.4) is 0 Å². The molecule has 0 saturated heterocycles. The lowest BCUT2D eigenvalue weighted by Gasteiger charge is -2.10. The average molecular weight is 279 g/mol. The van der Waals surface area contributed by atoms with Crippen molar-refractivity contribution in [3.8, 4) is 0 Å². The van der Waals surface area contributed by atoms with Crippen molar-refractivity contribution in [2.24, 2.45) is 0 Å². The van der Waals surface area contributed by atoms with Crippen molar-refractivity contribution in [1.82, 2.24) is 10.6 Å². The summed E-state index contributed by atoms with van der Waals surface area (Å²) >= 11 is 3.24. The minimum Gasteiger partial charge on any atom is -0.355 e. The molecule has 0 heterocycles. The van der Waals surface area contributed by atoms with E-state index in [0.717, 1.165) is 6.42 Å². The van der Waals surface area contributed by atoms with E-state index < -0.39 is 0 Å². The maximum absolute atomic E-state index is 11.3. The monoisotopic (exact) mass is 278 g/mol. The van der Waals surface area contributed by atoms with Crippen molar-refractivity contribution in [2.45, 2.75) is 44.5 Å². The molecule has 0 fully saturated rings. The molecule has 4 nitrogen and oxygen atoms in total. The lowest BCUT2D eigenvalue weighted by molar-refractivity contribution is -0.122. The second-order valence-electron chi connectivity index (χ2n) is 3.64. The highest BCUT2D eigenvalue weighted by molar-refractivity contribution is 9.10. The van der Waals surface area contributed by atoms with E-state index in [-0.39, 0.29) is 22.7 Å². The molecule has 2 N–H and O–H groups in total. The fourth-order valence-electron chi connectivity index (χ4n) is 0.990. The van der Waals surface area contributed by atoms with Crippen LogP contribution >= 0.6 is 15.9 Å². The molecule has 15 heavy (non-hydrogen) atoms. The fourth-order valence-corrected chi connectivity index (χ4v) is 1.15. The third-order valence-electron chi connectivity index (χ3n) is 1.74. The minimum atomic E-state index is -0.161. The molecule has 5 heteroatoms. The van der Waals surface area contributed by atoms with E-state index in [2.05, 4.69) is 26.6 Å². The summed E-state index contributed by atoms with van der Waals surface area (Å²) in [7, 11) is 0. The zero-order valence-electron chi connectivity index (χ0n) is 9.47. The molecule has 2 amide bonds. The van der Waals surface area contributed by atoms with E-state index in [1.165, 1.54) is 0 Å².